The lowest BCUT2D eigenvalue weighted by molar-refractivity contribution is 0.0747. The molecule has 6 heteroatoms. The van der Waals surface area contributed by atoms with Gasteiger partial charge < -0.3 is 5.11 Å². The van der Waals surface area contributed by atoms with E-state index in [9.17, 15) is 18.3 Å². The maximum atomic E-state index is 11.9. The third-order valence-electron chi connectivity index (χ3n) is 3.61. The van der Waals surface area contributed by atoms with E-state index in [1.807, 2.05) is 12.1 Å². The molecule has 0 amide bonds. The van der Waals surface area contributed by atoms with Gasteiger partial charge in [-0.05, 0) is 11.1 Å². The second-order valence-electron chi connectivity index (χ2n) is 5.76. The Morgan fingerprint density at radius 3 is 1.70 bits per heavy atom. The highest BCUT2D eigenvalue weighted by Crippen LogP contribution is 2.17. The maximum absolute atomic E-state index is 11.9. The topological polar surface area (TPSA) is 91.7 Å². The molecule has 3 aromatic rings. The predicted octanol–water partition coefficient (Wildman–Crippen LogP) is 3.68. The van der Waals surface area contributed by atoms with Gasteiger partial charge in [0.2, 0.25) is 0 Å². The van der Waals surface area contributed by atoms with E-state index in [1.165, 1.54) is 0 Å². The molecule has 0 bridgehead atoms. The van der Waals surface area contributed by atoms with Crippen molar-refractivity contribution in [3.05, 3.63) is 108 Å². The van der Waals surface area contributed by atoms with Crippen LogP contribution in [0.2, 0.25) is 0 Å². The third kappa shape index (κ3) is 7.15. The smallest absolute Gasteiger partial charge is 0.269 e. The van der Waals surface area contributed by atoms with Crippen molar-refractivity contribution >= 4 is 15.9 Å². The van der Waals surface area contributed by atoms with Gasteiger partial charge in [-0.1, -0.05) is 91.0 Å². The molecule has 1 atom stereocenters. The monoisotopic (exact) mass is 384 g/mol. The van der Waals surface area contributed by atoms with Crippen molar-refractivity contribution in [3.63, 3.8) is 0 Å². The third-order valence-corrected chi connectivity index (χ3v) is 4.31. The molecule has 27 heavy (non-hydrogen) atoms. The van der Waals surface area contributed by atoms with Crippen LogP contribution < -0.4 is 0 Å². The first-order chi connectivity index (χ1) is 12.9. The van der Waals surface area contributed by atoms with E-state index in [1.54, 1.807) is 78.9 Å². The number of aliphatic hydroxyl groups is 1. The fraction of sp³-hybridized carbons (Fsp3) is 0.0952. The largest absolute Gasteiger partial charge is 0.380 e. The molecule has 0 radical (unpaired) electrons. The maximum Gasteiger partial charge on any atom is 0.269 e. The Morgan fingerprint density at radius 1 is 0.778 bits per heavy atom. The van der Waals surface area contributed by atoms with Crippen LogP contribution in [0.3, 0.4) is 0 Å². The van der Waals surface area contributed by atoms with Gasteiger partial charge >= 0.3 is 0 Å². The Morgan fingerprint density at radius 2 is 1.22 bits per heavy atom. The first kappa shape index (κ1) is 20.5. The van der Waals surface area contributed by atoms with E-state index in [2.05, 4.69) is 0 Å². The minimum Gasteiger partial charge on any atom is -0.380 e. The van der Waals surface area contributed by atoms with Gasteiger partial charge in [0.1, 0.15) is 11.9 Å². The first-order valence-electron chi connectivity index (χ1n) is 8.18. The number of benzene rings is 3. The second-order valence-corrected chi connectivity index (χ2v) is 7.21. The van der Waals surface area contributed by atoms with Gasteiger partial charge in [-0.15, -0.1) is 0 Å². The summed E-state index contributed by atoms with van der Waals surface area (Å²) in [5, 5.41) is 9.89. The lowest BCUT2D eigenvalue weighted by Crippen LogP contribution is -2.11. The minimum atomic E-state index is -3.88. The molecule has 0 spiro atoms. The van der Waals surface area contributed by atoms with Crippen molar-refractivity contribution in [1.29, 1.82) is 0 Å². The molecule has 140 valence electrons. The van der Waals surface area contributed by atoms with Crippen LogP contribution in [0.25, 0.3) is 0 Å². The van der Waals surface area contributed by atoms with Crippen LogP contribution >= 0.6 is 0 Å². The molecule has 0 saturated carbocycles. The number of hydrogen-bond acceptors (Lipinski definition) is 4. The van der Waals surface area contributed by atoms with Gasteiger partial charge in [-0.2, -0.15) is 8.42 Å². The average molecular weight is 384 g/mol. The van der Waals surface area contributed by atoms with E-state index in [0.29, 0.717) is 16.7 Å². The standard InChI is InChI=1S/C14H12O2.C7H8O3S/c15-13(11-7-3-1-4-8-11)14(16)12-9-5-2-6-10-12;8-11(9,10)6-7-4-2-1-3-5-7/h1-10,13,15H;1-5H,6H2,(H,8,9,10). The minimum absolute atomic E-state index is 0.271. The molecule has 0 fully saturated rings. The zero-order valence-corrected chi connectivity index (χ0v) is 15.3. The molecular formula is C21H20O5S. The SMILES string of the molecule is O=C(c1ccccc1)C(O)c1ccccc1.O=S(=O)(O)Cc1ccccc1. The summed E-state index contributed by atoms with van der Waals surface area (Å²) in [6.07, 6.45) is -1.08. The summed E-state index contributed by atoms with van der Waals surface area (Å²) in [4.78, 5) is 11.9. The Kier molecular flexibility index (Phi) is 7.43. The summed E-state index contributed by atoms with van der Waals surface area (Å²) in [7, 11) is -3.88. The molecule has 2 N–H and O–H groups in total. The fourth-order valence-corrected chi connectivity index (χ4v) is 2.95. The molecule has 0 aliphatic rings. The number of rotatable bonds is 5. The van der Waals surface area contributed by atoms with Crippen molar-refractivity contribution in [2.24, 2.45) is 0 Å². The number of aliphatic hydroxyl groups excluding tert-OH is 1. The van der Waals surface area contributed by atoms with Gasteiger partial charge in [-0.3, -0.25) is 9.35 Å². The molecule has 3 aromatic carbocycles. The lowest BCUT2D eigenvalue weighted by atomic mass is 10.0. The van der Waals surface area contributed by atoms with Gasteiger partial charge in [0.25, 0.3) is 10.1 Å². The van der Waals surface area contributed by atoms with Gasteiger partial charge in [0.05, 0.1) is 0 Å². The van der Waals surface area contributed by atoms with E-state index < -0.39 is 16.2 Å². The summed E-state index contributed by atoms with van der Waals surface area (Å²) >= 11 is 0. The molecule has 0 heterocycles. The summed E-state index contributed by atoms with van der Waals surface area (Å²) in [5.74, 6) is -0.583. The van der Waals surface area contributed by atoms with Crippen molar-refractivity contribution in [2.45, 2.75) is 11.9 Å². The number of carbonyl (C=O) groups excluding carboxylic acids is 1. The Balaban J connectivity index is 0.000000208. The van der Waals surface area contributed by atoms with Crippen LogP contribution in [0.1, 0.15) is 27.6 Å². The van der Waals surface area contributed by atoms with Crippen LogP contribution in [0.15, 0.2) is 91.0 Å². The highest BCUT2D eigenvalue weighted by Gasteiger charge is 2.18. The van der Waals surface area contributed by atoms with Gasteiger partial charge in [-0.25, -0.2) is 0 Å². The highest BCUT2D eigenvalue weighted by atomic mass is 32.2. The summed E-state index contributed by atoms with van der Waals surface area (Å²) < 4.78 is 29.2. The molecule has 1 unspecified atom stereocenters. The van der Waals surface area contributed by atoms with Gasteiger partial charge in [0.15, 0.2) is 5.78 Å². The summed E-state index contributed by atoms with van der Waals surface area (Å²) in [6, 6.07) is 26.3. The Hall–Kier alpha value is -2.80. The first-order valence-corrected chi connectivity index (χ1v) is 9.79. The number of ketones is 1. The van der Waals surface area contributed by atoms with Crippen molar-refractivity contribution in [1.82, 2.24) is 0 Å². The average Bonchev–Trinajstić information content (AvgIpc) is 2.68. The normalized spacial score (nSPS) is 11.8. The zero-order chi connectivity index (χ0) is 19.7. The van der Waals surface area contributed by atoms with Crippen molar-refractivity contribution < 1.29 is 22.9 Å². The van der Waals surface area contributed by atoms with Crippen molar-refractivity contribution in [3.8, 4) is 0 Å². The van der Waals surface area contributed by atoms with Crippen LogP contribution in [-0.2, 0) is 15.9 Å². The quantitative estimate of drug-likeness (QED) is 0.517. The van der Waals surface area contributed by atoms with Crippen molar-refractivity contribution in [2.75, 3.05) is 0 Å². The molecule has 0 aliphatic carbocycles. The van der Waals surface area contributed by atoms with E-state index in [4.69, 9.17) is 4.55 Å². The van der Waals surface area contributed by atoms with E-state index >= 15 is 0 Å². The molecule has 5 nitrogen and oxygen atoms in total. The molecule has 0 saturated heterocycles. The Labute approximate surface area is 158 Å². The van der Waals surface area contributed by atoms with E-state index in [0.717, 1.165) is 0 Å². The zero-order valence-electron chi connectivity index (χ0n) is 14.5. The predicted molar refractivity (Wildman–Crippen MR) is 104 cm³/mol. The fourth-order valence-electron chi connectivity index (χ4n) is 2.33. The van der Waals surface area contributed by atoms with Crippen LogP contribution in [0, 0.1) is 0 Å². The molecular weight excluding hydrogens is 364 g/mol. The summed E-state index contributed by atoms with van der Waals surface area (Å²) in [5.41, 5.74) is 1.74. The summed E-state index contributed by atoms with van der Waals surface area (Å²) in [6.45, 7) is 0. The molecule has 0 aliphatic heterocycles. The lowest BCUT2D eigenvalue weighted by Gasteiger charge is -2.09. The number of carbonyl (C=O) groups is 1. The van der Waals surface area contributed by atoms with Crippen LogP contribution in [0.4, 0.5) is 0 Å². The number of hydrogen-bond donors (Lipinski definition) is 2. The van der Waals surface area contributed by atoms with Gasteiger partial charge in [0, 0.05) is 5.56 Å². The van der Waals surface area contributed by atoms with Crippen LogP contribution in [-0.4, -0.2) is 23.9 Å². The highest BCUT2D eigenvalue weighted by molar-refractivity contribution is 7.85. The van der Waals surface area contributed by atoms with E-state index in [-0.39, 0.29) is 11.5 Å². The number of Topliss-reactive ketones (excluding diaryl/α,β-unsaturated/α-hetero) is 1. The second kappa shape index (κ2) is 9.78. The molecule has 0 aromatic heterocycles. The Bertz CT molecular complexity index is 940. The molecule has 3 rings (SSSR count). The van der Waals surface area contributed by atoms with Crippen LogP contribution in [0.5, 0.6) is 0 Å².